The summed E-state index contributed by atoms with van der Waals surface area (Å²) in [6.45, 7) is 4.65. The molecule has 1 aliphatic carbocycles. The molecule has 2 N–H and O–H groups in total. The molecule has 1 saturated carbocycles. The van der Waals surface area contributed by atoms with Gasteiger partial charge in [0, 0.05) is 5.69 Å². The first-order chi connectivity index (χ1) is 10.4. The third-order valence-electron chi connectivity index (χ3n) is 3.70. The molecule has 1 aliphatic rings. The molecule has 0 spiro atoms. The summed E-state index contributed by atoms with van der Waals surface area (Å²) in [5.74, 6) is -1.27. The van der Waals surface area contributed by atoms with Crippen molar-refractivity contribution in [2.75, 3.05) is 11.9 Å². The summed E-state index contributed by atoms with van der Waals surface area (Å²) < 4.78 is 5.56. The molecule has 1 aromatic rings. The van der Waals surface area contributed by atoms with Gasteiger partial charge in [-0.3, -0.25) is 9.59 Å². The van der Waals surface area contributed by atoms with Gasteiger partial charge in [-0.25, -0.2) is 0 Å². The summed E-state index contributed by atoms with van der Waals surface area (Å²) in [7, 11) is 0. The molecule has 0 aromatic heterocycles. The normalized spacial score (nSPS) is 20.4. The minimum absolute atomic E-state index is 0.273. The second-order valence-electron chi connectivity index (χ2n) is 5.97. The van der Waals surface area contributed by atoms with Crippen molar-refractivity contribution in [2.24, 2.45) is 17.8 Å². The Hall–Kier alpha value is -1.75. The molecule has 0 bridgehead atoms. The Bertz CT molecular complexity index is 573. The van der Waals surface area contributed by atoms with E-state index in [0.717, 1.165) is 0 Å². The second-order valence-corrected chi connectivity index (χ2v) is 6.38. The van der Waals surface area contributed by atoms with Crippen molar-refractivity contribution < 1.29 is 19.4 Å². The summed E-state index contributed by atoms with van der Waals surface area (Å²) in [4.78, 5) is 23.0. The molecule has 2 atom stereocenters. The number of carbonyl (C=O) groups is 2. The number of benzene rings is 1. The minimum Gasteiger partial charge on any atom is -0.492 e. The first-order valence-electron chi connectivity index (χ1n) is 7.34. The third kappa shape index (κ3) is 3.91. The largest absolute Gasteiger partial charge is 0.492 e. The van der Waals surface area contributed by atoms with Crippen LogP contribution < -0.4 is 10.1 Å². The molecule has 1 aromatic carbocycles. The Morgan fingerprint density at radius 3 is 2.55 bits per heavy atom. The van der Waals surface area contributed by atoms with Crippen LogP contribution >= 0.6 is 11.6 Å². The van der Waals surface area contributed by atoms with E-state index in [1.807, 2.05) is 13.8 Å². The number of carbonyl (C=O) groups excluding carboxylic acids is 1. The standard InChI is InChI=1S/C16H20ClNO4/c1-9(2)8-22-14-6-3-10(7-13(14)17)18-15(19)11-4-5-12(11)16(20)21/h3,6-7,9,11-12H,4-5,8H2,1-2H3,(H,18,19)(H,20,21). The molecule has 0 radical (unpaired) electrons. The number of nitrogens with one attached hydrogen (secondary N) is 1. The van der Waals surface area contributed by atoms with Crippen LogP contribution in [0, 0.1) is 17.8 Å². The number of carboxylic acids is 1. The van der Waals surface area contributed by atoms with E-state index in [1.165, 1.54) is 0 Å². The molecule has 6 heteroatoms. The van der Waals surface area contributed by atoms with Gasteiger partial charge in [0.05, 0.1) is 23.5 Å². The Kier molecular flexibility index (Phi) is 5.29. The molecule has 1 fully saturated rings. The highest BCUT2D eigenvalue weighted by Gasteiger charge is 2.41. The molecule has 120 valence electrons. The molecule has 22 heavy (non-hydrogen) atoms. The lowest BCUT2D eigenvalue weighted by Gasteiger charge is -2.31. The quantitative estimate of drug-likeness (QED) is 0.840. The average molecular weight is 326 g/mol. The predicted molar refractivity (Wildman–Crippen MR) is 84.3 cm³/mol. The van der Waals surface area contributed by atoms with E-state index in [1.54, 1.807) is 18.2 Å². The van der Waals surface area contributed by atoms with Crippen LogP contribution in [0.2, 0.25) is 5.02 Å². The molecule has 0 saturated heterocycles. The summed E-state index contributed by atoms with van der Waals surface area (Å²) in [6, 6.07) is 5.02. The topological polar surface area (TPSA) is 75.6 Å². The first-order valence-corrected chi connectivity index (χ1v) is 7.72. The van der Waals surface area contributed by atoms with Crippen molar-refractivity contribution in [1.82, 2.24) is 0 Å². The number of halogens is 1. The van der Waals surface area contributed by atoms with Crippen molar-refractivity contribution >= 4 is 29.2 Å². The number of anilines is 1. The van der Waals surface area contributed by atoms with Crippen LogP contribution in [0.4, 0.5) is 5.69 Å². The lowest BCUT2D eigenvalue weighted by atomic mass is 9.73. The number of amides is 1. The van der Waals surface area contributed by atoms with Crippen LogP contribution in [0.15, 0.2) is 18.2 Å². The molecule has 0 aliphatic heterocycles. The molecule has 2 unspecified atom stereocenters. The van der Waals surface area contributed by atoms with Crippen molar-refractivity contribution in [1.29, 1.82) is 0 Å². The Morgan fingerprint density at radius 2 is 2.05 bits per heavy atom. The summed E-state index contributed by atoms with van der Waals surface area (Å²) in [5.41, 5.74) is 0.544. The zero-order valence-electron chi connectivity index (χ0n) is 12.6. The van der Waals surface area contributed by atoms with Gasteiger partial charge in [-0.2, -0.15) is 0 Å². The first kappa shape index (κ1) is 16.6. The number of hydrogen-bond donors (Lipinski definition) is 2. The van der Waals surface area contributed by atoms with Crippen LogP contribution in [-0.2, 0) is 9.59 Å². The van der Waals surface area contributed by atoms with E-state index in [-0.39, 0.29) is 5.91 Å². The maximum atomic E-state index is 12.1. The van der Waals surface area contributed by atoms with E-state index in [0.29, 0.717) is 41.8 Å². The fourth-order valence-electron chi connectivity index (χ4n) is 2.30. The van der Waals surface area contributed by atoms with E-state index >= 15 is 0 Å². The second kappa shape index (κ2) is 7.01. The minimum atomic E-state index is -0.915. The van der Waals surface area contributed by atoms with E-state index in [9.17, 15) is 9.59 Å². The summed E-state index contributed by atoms with van der Waals surface area (Å²) in [5, 5.41) is 12.1. The zero-order chi connectivity index (χ0) is 16.3. The maximum absolute atomic E-state index is 12.1. The van der Waals surface area contributed by atoms with E-state index in [2.05, 4.69) is 5.32 Å². The smallest absolute Gasteiger partial charge is 0.307 e. The number of carboxylic acid groups (broad SMARTS) is 1. The van der Waals surface area contributed by atoms with Gasteiger partial charge in [-0.05, 0) is 37.0 Å². The number of aliphatic carboxylic acids is 1. The number of ether oxygens (including phenoxy) is 1. The molecular weight excluding hydrogens is 306 g/mol. The Balaban J connectivity index is 1.97. The van der Waals surface area contributed by atoms with Gasteiger partial charge in [-0.1, -0.05) is 25.4 Å². The van der Waals surface area contributed by atoms with Crippen molar-refractivity contribution in [2.45, 2.75) is 26.7 Å². The van der Waals surface area contributed by atoms with Gasteiger partial charge in [-0.15, -0.1) is 0 Å². The fraction of sp³-hybridized carbons (Fsp3) is 0.500. The van der Waals surface area contributed by atoms with Crippen LogP contribution in [-0.4, -0.2) is 23.6 Å². The fourth-order valence-corrected chi connectivity index (χ4v) is 2.53. The molecular formula is C16H20ClNO4. The van der Waals surface area contributed by atoms with Gasteiger partial charge in [0.1, 0.15) is 5.75 Å². The zero-order valence-corrected chi connectivity index (χ0v) is 13.4. The van der Waals surface area contributed by atoms with Gasteiger partial charge >= 0.3 is 5.97 Å². The van der Waals surface area contributed by atoms with Gasteiger partial charge < -0.3 is 15.2 Å². The summed E-state index contributed by atoms with van der Waals surface area (Å²) >= 11 is 6.13. The molecule has 5 nitrogen and oxygen atoms in total. The van der Waals surface area contributed by atoms with E-state index < -0.39 is 17.8 Å². The van der Waals surface area contributed by atoms with Crippen LogP contribution in [0.5, 0.6) is 5.75 Å². The van der Waals surface area contributed by atoms with Crippen LogP contribution in [0.25, 0.3) is 0 Å². The van der Waals surface area contributed by atoms with Gasteiger partial charge in [0.2, 0.25) is 5.91 Å². The highest BCUT2D eigenvalue weighted by Crippen LogP contribution is 2.36. The Morgan fingerprint density at radius 1 is 1.36 bits per heavy atom. The lowest BCUT2D eigenvalue weighted by Crippen LogP contribution is -2.41. The lowest BCUT2D eigenvalue weighted by molar-refractivity contribution is -0.151. The van der Waals surface area contributed by atoms with Crippen LogP contribution in [0.1, 0.15) is 26.7 Å². The SMILES string of the molecule is CC(C)COc1ccc(NC(=O)C2CCC2C(=O)O)cc1Cl. The van der Waals surface area contributed by atoms with Crippen molar-refractivity contribution in [3.05, 3.63) is 23.2 Å². The predicted octanol–water partition coefficient (Wildman–Crippen LogP) is 3.42. The van der Waals surface area contributed by atoms with Crippen LogP contribution in [0.3, 0.4) is 0 Å². The van der Waals surface area contributed by atoms with Gasteiger partial charge in [0.25, 0.3) is 0 Å². The Labute approximate surface area is 134 Å². The molecule has 2 rings (SSSR count). The monoisotopic (exact) mass is 325 g/mol. The van der Waals surface area contributed by atoms with Crippen molar-refractivity contribution in [3.63, 3.8) is 0 Å². The molecule has 0 heterocycles. The van der Waals surface area contributed by atoms with Gasteiger partial charge in [0.15, 0.2) is 0 Å². The average Bonchev–Trinajstić information content (AvgIpc) is 2.35. The maximum Gasteiger partial charge on any atom is 0.307 e. The summed E-state index contributed by atoms with van der Waals surface area (Å²) in [6.07, 6.45) is 1.16. The number of rotatable bonds is 6. The van der Waals surface area contributed by atoms with Crippen molar-refractivity contribution in [3.8, 4) is 5.75 Å². The van der Waals surface area contributed by atoms with E-state index in [4.69, 9.17) is 21.4 Å². The third-order valence-corrected chi connectivity index (χ3v) is 4.00. The highest BCUT2D eigenvalue weighted by molar-refractivity contribution is 6.32. The molecule has 1 amide bonds. The number of hydrogen-bond acceptors (Lipinski definition) is 3. The highest BCUT2D eigenvalue weighted by atomic mass is 35.5.